The number of nitrogens with zero attached hydrogens (tertiary/aromatic N) is 2. The number of halogens is 1. The molecule has 0 aromatic carbocycles. The molecule has 2 rings (SSSR count). The molecule has 2 fully saturated rings. The molecule has 2 N–H and O–H groups in total. The first-order valence-corrected chi connectivity index (χ1v) is 10.1. The molecular formula is C19H39IN4O. The lowest BCUT2D eigenvalue weighted by atomic mass is 9.98. The summed E-state index contributed by atoms with van der Waals surface area (Å²) in [4.78, 5) is 6.80. The number of nitrogens with one attached hydrogen (secondary N) is 2. The highest BCUT2D eigenvalue weighted by atomic mass is 127. The Morgan fingerprint density at radius 3 is 2.32 bits per heavy atom. The molecule has 2 aliphatic rings. The molecule has 0 unspecified atom stereocenters. The lowest BCUT2D eigenvalue weighted by Crippen LogP contribution is -2.43. The normalized spacial score (nSPS) is 19.9. The fourth-order valence-electron chi connectivity index (χ4n) is 3.86. The molecule has 0 aliphatic heterocycles. The van der Waals surface area contributed by atoms with Gasteiger partial charge in [-0.05, 0) is 39.2 Å². The summed E-state index contributed by atoms with van der Waals surface area (Å²) >= 11 is 0. The summed E-state index contributed by atoms with van der Waals surface area (Å²) in [6.07, 6.45) is 13.7. The van der Waals surface area contributed by atoms with E-state index in [1.165, 1.54) is 57.8 Å². The number of aliphatic imine (C=N–C) groups is 1. The van der Waals surface area contributed by atoms with Gasteiger partial charge in [0.2, 0.25) is 0 Å². The number of hydrogen-bond acceptors (Lipinski definition) is 3. The summed E-state index contributed by atoms with van der Waals surface area (Å²) in [5, 5.41) is 6.81. The fraction of sp³-hybridized carbons (Fsp3) is 0.947. The van der Waals surface area contributed by atoms with Crippen LogP contribution < -0.4 is 10.6 Å². The molecule has 2 aliphatic carbocycles. The number of ether oxygens (including phenoxy) is 1. The fourth-order valence-corrected chi connectivity index (χ4v) is 3.86. The van der Waals surface area contributed by atoms with E-state index in [-0.39, 0.29) is 24.0 Å². The SMILES string of the molecule is CN=C(NCCCOC1CCCCC1)NCCN(C)C1CCCC1.I. The van der Waals surface area contributed by atoms with Crippen molar-refractivity contribution in [3.05, 3.63) is 0 Å². The smallest absolute Gasteiger partial charge is 0.191 e. The Morgan fingerprint density at radius 2 is 1.64 bits per heavy atom. The molecule has 0 spiro atoms. The Labute approximate surface area is 171 Å². The number of guanidine groups is 1. The Morgan fingerprint density at radius 1 is 1.00 bits per heavy atom. The second-order valence-electron chi connectivity index (χ2n) is 7.33. The summed E-state index contributed by atoms with van der Waals surface area (Å²) in [6, 6.07) is 0.790. The van der Waals surface area contributed by atoms with Crippen LogP contribution in [0.1, 0.15) is 64.2 Å². The Bertz CT molecular complexity index is 355. The quantitative estimate of drug-likeness (QED) is 0.237. The maximum Gasteiger partial charge on any atom is 0.191 e. The first-order chi connectivity index (χ1) is 11.8. The molecule has 0 aromatic rings. The van der Waals surface area contributed by atoms with Gasteiger partial charge in [0, 0.05) is 39.3 Å². The van der Waals surface area contributed by atoms with Crippen molar-refractivity contribution >= 4 is 29.9 Å². The monoisotopic (exact) mass is 466 g/mol. The standard InChI is InChI=1S/C19H38N4O.HI/c1-20-19(22-14-15-23(2)17-9-6-7-10-17)21-13-8-16-24-18-11-4-3-5-12-18;/h17-18H,3-16H2,1-2H3,(H2,20,21,22);1H. The predicted molar refractivity (Wildman–Crippen MR) is 117 cm³/mol. The van der Waals surface area contributed by atoms with E-state index in [2.05, 4.69) is 27.6 Å². The predicted octanol–water partition coefficient (Wildman–Crippen LogP) is 3.38. The van der Waals surface area contributed by atoms with Crippen LogP contribution in [0.5, 0.6) is 0 Å². The summed E-state index contributed by atoms with van der Waals surface area (Å²) in [6.45, 7) is 3.81. The summed E-state index contributed by atoms with van der Waals surface area (Å²) in [7, 11) is 4.09. The van der Waals surface area contributed by atoms with Crippen LogP contribution in [-0.2, 0) is 4.74 Å². The molecule has 0 heterocycles. The van der Waals surface area contributed by atoms with E-state index in [9.17, 15) is 0 Å². The maximum atomic E-state index is 5.96. The Hall–Kier alpha value is -0.0800. The number of likely N-dealkylation sites (N-methyl/N-ethyl adjacent to an activating group) is 1. The summed E-state index contributed by atoms with van der Waals surface area (Å²) < 4.78 is 5.96. The molecule has 148 valence electrons. The molecule has 5 nitrogen and oxygen atoms in total. The van der Waals surface area contributed by atoms with E-state index < -0.39 is 0 Å². The highest BCUT2D eigenvalue weighted by molar-refractivity contribution is 14.0. The molecule has 0 radical (unpaired) electrons. The molecule has 0 amide bonds. The van der Waals surface area contributed by atoms with Crippen LogP contribution in [-0.4, -0.2) is 63.3 Å². The highest BCUT2D eigenvalue weighted by Gasteiger charge is 2.18. The maximum absolute atomic E-state index is 5.96. The van der Waals surface area contributed by atoms with Crippen molar-refractivity contribution in [3.8, 4) is 0 Å². The minimum absolute atomic E-state index is 0. The van der Waals surface area contributed by atoms with Gasteiger partial charge in [-0.3, -0.25) is 4.99 Å². The van der Waals surface area contributed by atoms with E-state index in [1.807, 2.05) is 7.05 Å². The van der Waals surface area contributed by atoms with Gasteiger partial charge in [-0.1, -0.05) is 32.1 Å². The largest absolute Gasteiger partial charge is 0.378 e. The van der Waals surface area contributed by atoms with E-state index >= 15 is 0 Å². The van der Waals surface area contributed by atoms with Crippen LogP contribution >= 0.6 is 24.0 Å². The molecule has 25 heavy (non-hydrogen) atoms. The van der Waals surface area contributed by atoms with Gasteiger partial charge in [-0.25, -0.2) is 0 Å². The zero-order chi connectivity index (χ0) is 17.0. The van der Waals surface area contributed by atoms with Gasteiger partial charge in [0.1, 0.15) is 0 Å². The summed E-state index contributed by atoms with van der Waals surface area (Å²) in [5.74, 6) is 0.910. The van der Waals surface area contributed by atoms with E-state index in [0.717, 1.165) is 44.7 Å². The first-order valence-electron chi connectivity index (χ1n) is 10.1. The number of rotatable bonds is 9. The van der Waals surface area contributed by atoms with E-state index in [1.54, 1.807) is 0 Å². The van der Waals surface area contributed by atoms with Crippen LogP contribution in [0.4, 0.5) is 0 Å². The van der Waals surface area contributed by atoms with Gasteiger partial charge in [0.05, 0.1) is 6.10 Å². The Kier molecular flexibility index (Phi) is 12.9. The second kappa shape index (κ2) is 14.0. The molecule has 2 saturated carbocycles. The van der Waals surface area contributed by atoms with Crippen molar-refractivity contribution in [3.63, 3.8) is 0 Å². The minimum Gasteiger partial charge on any atom is -0.378 e. The topological polar surface area (TPSA) is 48.9 Å². The van der Waals surface area contributed by atoms with Gasteiger partial charge in [0.25, 0.3) is 0 Å². The first kappa shape index (κ1) is 23.0. The van der Waals surface area contributed by atoms with Gasteiger partial charge in [0.15, 0.2) is 5.96 Å². The molecule has 0 aromatic heterocycles. The van der Waals surface area contributed by atoms with Crippen LogP contribution in [0.15, 0.2) is 4.99 Å². The lowest BCUT2D eigenvalue weighted by Gasteiger charge is -2.24. The molecule has 0 bridgehead atoms. The second-order valence-corrected chi connectivity index (χ2v) is 7.33. The number of hydrogen-bond donors (Lipinski definition) is 2. The zero-order valence-corrected chi connectivity index (χ0v) is 18.6. The van der Waals surface area contributed by atoms with E-state index in [0.29, 0.717) is 6.10 Å². The van der Waals surface area contributed by atoms with Gasteiger partial charge in [-0.15, -0.1) is 24.0 Å². The van der Waals surface area contributed by atoms with Crippen molar-refractivity contribution in [1.82, 2.24) is 15.5 Å². The van der Waals surface area contributed by atoms with Gasteiger partial charge < -0.3 is 20.3 Å². The Balaban J connectivity index is 0.00000312. The average Bonchev–Trinajstić information content (AvgIpc) is 3.15. The molecule has 0 saturated heterocycles. The van der Waals surface area contributed by atoms with Crippen LogP contribution in [0.3, 0.4) is 0 Å². The summed E-state index contributed by atoms with van der Waals surface area (Å²) in [5.41, 5.74) is 0. The van der Waals surface area contributed by atoms with Crippen molar-refractivity contribution < 1.29 is 4.74 Å². The van der Waals surface area contributed by atoms with Gasteiger partial charge in [-0.2, -0.15) is 0 Å². The highest BCUT2D eigenvalue weighted by Crippen LogP contribution is 2.22. The molecule has 0 atom stereocenters. The third-order valence-corrected chi connectivity index (χ3v) is 5.45. The van der Waals surface area contributed by atoms with Crippen LogP contribution in [0.25, 0.3) is 0 Å². The molecular weight excluding hydrogens is 427 g/mol. The zero-order valence-electron chi connectivity index (χ0n) is 16.3. The van der Waals surface area contributed by atoms with Crippen LogP contribution in [0.2, 0.25) is 0 Å². The van der Waals surface area contributed by atoms with Crippen molar-refractivity contribution in [2.24, 2.45) is 4.99 Å². The van der Waals surface area contributed by atoms with Crippen molar-refractivity contribution in [2.75, 3.05) is 40.3 Å². The van der Waals surface area contributed by atoms with Crippen molar-refractivity contribution in [2.45, 2.75) is 76.4 Å². The molecule has 6 heteroatoms. The third kappa shape index (κ3) is 9.43. The minimum atomic E-state index is 0. The average molecular weight is 466 g/mol. The lowest BCUT2D eigenvalue weighted by molar-refractivity contribution is 0.0277. The van der Waals surface area contributed by atoms with Crippen LogP contribution in [0, 0.1) is 0 Å². The van der Waals surface area contributed by atoms with E-state index in [4.69, 9.17) is 4.74 Å². The van der Waals surface area contributed by atoms with Crippen molar-refractivity contribution in [1.29, 1.82) is 0 Å². The third-order valence-electron chi connectivity index (χ3n) is 5.45. The van der Waals surface area contributed by atoms with Gasteiger partial charge >= 0.3 is 0 Å².